The maximum atomic E-state index is 2.49. The summed E-state index contributed by atoms with van der Waals surface area (Å²) in [6.45, 7) is 0. The van der Waals surface area contributed by atoms with Gasteiger partial charge in [-0.15, -0.1) is 0 Å². The van der Waals surface area contributed by atoms with Crippen molar-refractivity contribution in [2.75, 3.05) is 4.90 Å². The monoisotopic (exact) mass is 755 g/mol. The Morgan fingerprint density at radius 3 is 1.40 bits per heavy atom. The lowest BCUT2D eigenvalue weighted by Gasteiger charge is -2.41. The quantitative estimate of drug-likeness (QED) is 0.172. The van der Waals surface area contributed by atoms with E-state index in [2.05, 4.69) is 229 Å². The fourth-order valence-electron chi connectivity index (χ4n) is 10.6. The molecular formula is C56H37NS. The molecular weight excluding hydrogens is 719 g/mol. The second-order valence-electron chi connectivity index (χ2n) is 15.5. The van der Waals surface area contributed by atoms with E-state index in [9.17, 15) is 0 Å². The Bertz CT molecular complexity index is 2960. The largest absolute Gasteiger partial charge is 0.309 e. The minimum Gasteiger partial charge on any atom is -0.309 e. The number of rotatable bonds is 5. The third-order valence-corrected chi connectivity index (χ3v) is 14.0. The van der Waals surface area contributed by atoms with E-state index in [1.54, 1.807) is 0 Å². The van der Waals surface area contributed by atoms with Crippen LogP contribution < -0.4 is 4.90 Å². The van der Waals surface area contributed by atoms with Gasteiger partial charge in [0.15, 0.2) is 0 Å². The molecule has 1 aliphatic heterocycles. The molecule has 2 aliphatic carbocycles. The number of benzene rings is 9. The van der Waals surface area contributed by atoms with Crippen LogP contribution in [0.15, 0.2) is 234 Å². The third kappa shape index (κ3) is 4.44. The zero-order chi connectivity index (χ0) is 38.3. The van der Waals surface area contributed by atoms with Gasteiger partial charge in [-0.3, -0.25) is 0 Å². The molecule has 0 saturated heterocycles. The van der Waals surface area contributed by atoms with Crippen molar-refractivity contribution in [1.82, 2.24) is 0 Å². The first-order valence-corrected chi connectivity index (χ1v) is 20.9. The molecule has 12 rings (SSSR count). The number of para-hydroxylation sites is 1. The molecule has 2 heteroatoms. The van der Waals surface area contributed by atoms with E-state index < -0.39 is 10.8 Å². The molecule has 0 amide bonds. The normalized spacial score (nSPS) is 14.4. The minimum atomic E-state index is -0.454. The Hall–Kier alpha value is -6.87. The van der Waals surface area contributed by atoms with Crippen molar-refractivity contribution in [2.24, 2.45) is 0 Å². The van der Waals surface area contributed by atoms with Gasteiger partial charge in [-0.2, -0.15) is 0 Å². The molecule has 1 spiro atoms. The third-order valence-electron chi connectivity index (χ3n) is 12.8. The molecule has 0 radical (unpaired) electrons. The fraction of sp³-hybridized carbons (Fsp3) is 0.0357. The van der Waals surface area contributed by atoms with E-state index in [0.29, 0.717) is 0 Å². The van der Waals surface area contributed by atoms with E-state index in [1.165, 1.54) is 82.2 Å². The Morgan fingerprint density at radius 1 is 0.310 bits per heavy atom. The number of hydrogen-bond donors (Lipinski definition) is 0. The van der Waals surface area contributed by atoms with Gasteiger partial charge in [-0.25, -0.2) is 0 Å². The van der Waals surface area contributed by atoms with Crippen LogP contribution in [0.3, 0.4) is 0 Å². The van der Waals surface area contributed by atoms with Gasteiger partial charge in [0.1, 0.15) is 0 Å². The summed E-state index contributed by atoms with van der Waals surface area (Å²) in [7, 11) is 0. The van der Waals surface area contributed by atoms with Crippen molar-refractivity contribution in [1.29, 1.82) is 0 Å². The van der Waals surface area contributed by atoms with E-state index in [1.807, 2.05) is 11.8 Å². The lowest BCUT2D eigenvalue weighted by Crippen LogP contribution is -2.32. The molecule has 9 aromatic carbocycles. The first-order valence-electron chi connectivity index (χ1n) is 20.1. The van der Waals surface area contributed by atoms with Crippen LogP contribution in [-0.4, -0.2) is 0 Å². The van der Waals surface area contributed by atoms with Gasteiger partial charge in [0.2, 0.25) is 0 Å². The highest BCUT2D eigenvalue weighted by Crippen LogP contribution is 2.64. The van der Waals surface area contributed by atoms with E-state index >= 15 is 0 Å². The summed E-state index contributed by atoms with van der Waals surface area (Å²) in [5.74, 6) is 0. The Balaban J connectivity index is 1.13. The summed E-state index contributed by atoms with van der Waals surface area (Å²) in [6.07, 6.45) is 0. The zero-order valence-corrected chi connectivity index (χ0v) is 32.5. The minimum absolute atomic E-state index is 0.453. The molecule has 1 heterocycles. The van der Waals surface area contributed by atoms with Gasteiger partial charge in [-0.05, 0) is 103 Å². The van der Waals surface area contributed by atoms with Crippen LogP contribution in [0.5, 0.6) is 0 Å². The lowest BCUT2D eigenvalue weighted by atomic mass is 9.67. The fourth-order valence-corrected chi connectivity index (χ4v) is 11.9. The van der Waals surface area contributed by atoms with Crippen LogP contribution in [0.4, 0.5) is 17.1 Å². The number of fused-ring (bicyclic) bond motifs is 12. The summed E-state index contributed by atoms with van der Waals surface area (Å²) in [4.78, 5) is 5.06. The topological polar surface area (TPSA) is 3.24 Å². The highest BCUT2D eigenvalue weighted by molar-refractivity contribution is 7.99. The lowest BCUT2D eigenvalue weighted by molar-refractivity contribution is 0.722. The molecule has 58 heavy (non-hydrogen) atoms. The van der Waals surface area contributed by atoms with Gasteiger partial charge in [0.25, 0.3) is 0 Å². The second kappa shape index (κ2) is 12.8. The van der Waals surface area contributed by atoms with Gasteiger partial charge >= 0.3 is 0 Å². The average Bonchev–Trinajstić information content (AvgIpc) is 3.76. The summed E-state index contributed by atoms with van der Waals surface area (Å²) >= 11 is 1.90. The van der Waals surface area contributed by atoms with Gasteiger partial charge in [0, 0.05) is 21.2 Å². The standard InChI is InChI=1S/C56H37NS/c1-4-19-38(20-5-1)55(39-21-6-2-7-22-39)46-28-13-12-27-44(46)45-37-41(35-36-49(45)55)57(40-23-8-3-9-24-40)52-33-18-32-51-54(52)58-53-34-17-16-31-50(53)56(51)47-29-14-10-25-42(47)43-26-11-15-30-48(43)56/h1-37H. The molecule has 9 aromatic rings. The maximum Gasteiger partial charge on any atom is 0.0736 e. The Morgan fingerprint density at radius 2 is 0.776 bits per heavy atom. The van der Waals surface area contributed by atoms with Crippen LogP contribution in [0, 0.1) is 0 Å². The van der Waals surface area contributed by atoms with Crippen molar-refractivity contribution >= 4 is 28.8 Å². The summed E-state index contributed by atoms with van der Waals surface area (Å²) in [6, 6.07) is 83.5. The van der Waals surface area contributed by atoms with Crippen molar-refractivity contribution in [3.05, 3.63) is 269 Å². The summed E-state index contributed by atoms with van der Waals surface area (Å²) < 4.78 is 0. The molecule has 0 unspecified atom stereocenters. The van der Waals surface area contributed by atoms with E-state index in [-0.39, 0.29) is 0 Å². The molecule has 0 fully saturated rings. The molecule has 1 nitrogen and oxygen atoms in total. The molecule has 0 atom stereocenters. The molecule has 0 aromatic heterocycles. The smallest absolute Gasteiger partial charge is 0.0736 e. The van der Waals surface area contributed by atoms with Crippen LogP contribution in [0.25, 0.3) is 22.3 Å². The number of anilines is 3. The van der Waals surface area contributed by atoms with E-state index in [4.69, 9.17) is 0 Å². The van der Waals surface area contributed by atoms with Crippen LogP contribution >= 0.6 is 11.8 Å². The Kier molecular flexibility index (Phi) is 7.36. The highest BCUT2D eigenvalue weighted by atomic mass is 32.2. The second-order valence-corrected chi connectivity index (χ2v) is 16.6. The predicted molar refractivity (Wildman–Crippen MR) is 240 cm³/mol. The van der Waals surface area contributed by atoms with Crippen LogP contribution in [-0.2, 0) is 10.8 Å². The number of nitrogens with zero attached hydrogens (tertiary/aromatic N) is 1. The van der Waals surface area contributed by atoms with Crippen molar-refractivity contribution in [3.8, 4) is 22.3 Å². The molecule has 0 bridgehead atoms. The van der Waals surface area contributed by atoms with E-state index in [0.717, 1.165) is 11.4 Å². The maximum absolute atomic E-state index is 2.49. The number of hydrogen-bond acceptors (Lipinski definition) is 2. The first-order chi connectivity index (χ1) is 28.8. The average molecular weight is 756 g/mol. The van der Waals surface area contributed by atoms with Gasteiger partial charge in [-0.1, -0.05) is 200 Å². The van der Waals surface area contributed by atoms with Crippen LogP contribution in [0.1, 0.15) is 44.5 Å². The SMILES string of the molecule is c1ccc(N(c2ccc3c(c2)-c2ccccc2C3(c2ccccc2)c2ccccc2)c2cccc3c2Sc2ccccc2C32c3ccccc3-c3ccccc32)cc1. The Labute approximate surface area is 343 Å². The van der Waals surface area contributed by atoms with Gasteiger partial charge in [0.05, 0.1) is 16.5 Å². The molecule has 3 aliphatic rings. The van der Waals surface area contributed by atoms with Gasteiger partial charge < -0.3 is 4.90 Å². The van der Waals surface area contributed by atoms with Crippen LogP contribution in [0.2, 0.25) is 0 Å². The summed E-state index contributed by atoms with van der Waals surface area (Å²) in [5, 5.41) is 0. The van der Waals surface area contributed by atoms with Crippen molar-refractivity contribution in [2.45, 2.75) is 20.6 Å². The summed E-state index contributed by atoms with van der Waals surface area (Å²) in [5.41, 5.74) is 18.2. The molecule has 272 valence electrons. The molecule has 0 N–H and O–H groups in total. The first kappa shape index (κ1) is 33.3. The molecule has 0 saturated carbocycles. The van der Waals surface area contributed by atoms with Crippen molar-refractivity contribution in [3.63, 3.8) is 0 Å². The zero-order valence-electron chi connectivity index (χ0n) is 31.7. The highest BCUT2D eigenvalue weighted by Gasteiger charge is 2.51. The van der Waals surface area contributed by atoms with Crippen molar-refractivity contribution < 1.29 is 0 Å². The predicted octanol–water partition coefficient (Wildman–Crippen LogP) is 14.3.